The highest BCUT2D eigenvalue weighted by molar-refractivity contribution is 5.78. The van der Waals surface area contributed by atoms with E-state index < -0.39 is 0 Å². The Balaban J connectivity index is 1.59. The van der Waals surface area contributed by atoms with E-state index in [0.717, 1.165) is 45.3 Å². The van der Waals surface area contributed by atoms with Crippen LogP contribution in [0.1, 0.15) is 51.4 Å². The van der Waals surface area contributed by atoms with E-state index in [1.54, 1.807) is 0 Å². The molecule has 1 aliphatic heterocycles. The van der Waals surface area contributed by atoms with Gasteiger partial charge in [0.15, 0.2) is 0 Å². The molecule has 1 aliphatic carbocycles. The van der Waals surface area contributed by atoms with Crippen molar-refractivity contribution in [3.8, 4) is 0 Å². The summed E-state index contributed by atoms with van der Waals surface area (Å²) in [5.41, 5.74) is 0. The van der Waals surface area contributed by atoms with E-state index in [-0.39, 0.29) is 18.4 Å². The fourth-order valence-corrected chi connectivity index (χ4v) is 3.39. The van der Waals surface area contributed by atoms with Crippen LogP contribution < -0.4 is 5.32 Å². The van der Waals surface area contributed by atoms with Gasteiger partial charge in [-0.15, -0.1) is 0 Å². The van der Waals surface area contributed by atoms with Crippen LogP contribution in [0.3, 0.4) is 0 Å². The average molecular weight is 268 g/mol. The van der Waals surface area contributed by atoms with Gasteiger partial charge < -0.3 is 10.4 Å². The minimum atomic E-state index is 0.259. The molecule has 0 aromatic rings. The monoisotopic (exact) mass is 268 g/mol. The Bertz CT molecular complexity index is 277. The molecule has 1 saturated heterocycles. The molecule has 0 radical (unpaired) electrons. The van der Waals surface area contributed by atoms with Crippen LogP contribution in [-0.4, -0.2) is 48.2 Å². The molecule has 0 bridgehead atoms. The number of carbonyl (C=O) groups excluding carboxylic acids is 1. The molecule has 1 amide bonds. The molecule has 2 N–H and O–H groups in total. The zero-order valence-corrected chi connectivity index (χ0v) is 11.9. The largest absolute Gasteiger partial charge is 0.395 e. The Hall–Kier alpha value is -0.610. The van der Waals surface area contributed by atoms with Crippen LogP contribution in [0.25, 0.3) is 0 Å². The number of aliphatic hydroxyl groups is 1. The lowest BCUT2D eigenvalue weighted by atomic mass is 10.0. The van der Waals surface area contributed by atoms with Gasteiger partial charge in [-0.05, 0) is 38.6 Å². The van der Waals surface area contributed by atoms with Gasteiger partial charge in [0, 0.05) is 25.0 Å². The molecule has 19 heavy (non-hydrogen) atoms. The van der Waals surface area contributed by atoms with Crippen molar-refractivity contribution in [3.05, 3.63) is 0 Å². The molecule has 0 spiro atoms. The minimum Gasteiger partial charge on any atom is -0.395 e. The smallest absolute Gasteiger partial charge is 0.223 e. The van der Waals surface area contributed by atoms with Crippen LogP contribution in [0.4, 0.5) is 0 Å². The molecule has 1 atom stereocenters. The number of nitrogens with zero attached hydrogens (tertiary/aromatic N) is 1. The van der Waals surface area contributed by atoms with E-state index in [2.05, 4.69) is 10.2 Å². The van der Waals surface area contributed by atoms with E-state index in [4.69, 9.17) is 0 Å². The zero-order valence-electron chi connectivity index (χ0n) is 11.9. The van der Waals surface area contributed by atoms with Crippen LogP contribution in [0.5, 0.6) is 0 Å². The first-order valence-corrected chi connectivity index (χ1v) is 7.94. The van der Waals surface area contributed by atoms with Crippen LogP contribution in [0, 0.1) is 5.92 Å². The highest BCUT2D eigenvalue weighted by Crippen LogP contribution is 2.24. The maximum absolute atomic E-state index is 11.9. The van der Waals surface area contributed by atoms with E-state index in [0.29, 0.717) is 6.04 Å². The Labute approximate surface area is 116 Å². The van der Waals surface area contributed by atoms with Crippen LogP contribution in [0.15, 0.2) is 0 Å². The third kappa shape index (κ3) is 4.46. The molecule has 1 saturated carbocycles. The summed E-state index contributed by atoms with van der Waals surface area (Å²) in [7, 11) is 0. The molecule has 2 aliphatic rings. The van der Waals surface area contributed by atoms with Crippen molar-refractivity contribution in [2.45, 2.75) is 57.4 Å². The highest BCUT2D eigenvalue weighted by atomic mass is 16.3. The molecule has 4 nitrogen and oxygen atoms in total. The molecular weight excluding hydrogens is 240 g/mol. The van der Waals surface area contributed by atoms with Crippen molar-refractivity contribution in [3.63, 3.8) is 0 Å². The number of hydrogen-bond acceptors (Lipinski definition) is 3. The average Bonchev–Trinajstić information content (AvgIpc) is 2.98. The Kier molecular flexibility index (Phi) is 6.11. The van der Waals surface area contributed by atoms with Gasteiger partial charge in [0.25, 0.3) is 0 Å². The van der Waals surface area contributed by atoms with Gasteiger partial charge in [-0.1, -0.05) is 19.3 Å². The molecule has 0 aromatic heterocycles. The van der Waals surface area contributed by atoms with Gasteiger partial charge in [-0.25, -0.2) is 0 Å². The molecule has 0 unspecified atom stereocenters. The number of rotatable bonds is 6. The number of hydrogen-bond donors (Lipinski definition) is 2. The molecule has 2 fully saturated rings. The summed E-state index contributed by atoms with van der Waals surface area (Å²) in [6.07, 6.45) is 9.16. The van der Waals surface area contributed by atoms with Crippen molar-refractivity contribution >= 4 is 5.91 Å². The summed E-state index contributed by atoms with van der Waals surface area (Å²) in [4.78, 5) is 14.2. The predicted molar refractivity (Wildman–Crippen MR) is 75.9 cm³/mol. The van der Waals surface area contributed by atoms with E-state index in [1.165, 1.54) is 25.7 Å². The van der Waals surface area contributed by atoms with Crippen LogP contribution in [-0.2, 0) is 4.79 Å². The quantitative estimate of drug-likeness (QED) is 0.718. The summed E-state index contributed by atoms with van der Waals surface area (Å²) in [6, 6.07) is 0.347. The van der Waals surface area contributed by atoms with Gasteiger partial charge in [0.1, 0.15) is 0 Å². The van der Waals surface area contributed by atoms with Crippen molar-refractivity contribution in [2.24, 2.45) is 5.92 Å². The summed E-state index contributed by atoms with van der Waals surface area (Å²) in [5, 5.41) is 12.4. The first-order chi connectivity index (χ1) is 9.31. The van der Waals surface area contributed by atoms with E-state index in [1.807, 2.05) is 0 Å². The molecule has 1 heterocycles. The van der Waals surface area contributed by atoms with Crippen LogP contribution in [0.2, 0.25) is 0 Å². The summed E-state index contributed by atoms with van der Waals surface area (Å²) >= 11 is 0. The number of nitrogens with one attached hydrogen (secondary N) is 1. The maximum atomic E-state index is 11.9. The first-order valence-electron chi connectivity index (χ1n) is 7.94. The van der Waals surface area contributed by atoms with Crippen molar-refractivity contribution < 1.29 is 9.90 Å². The molecule has 110 valence electrons. The lowest BCUT2D eigenvalue weighted by Gasteiger charge is -2.34. The standard InChI is InChI=1S/C15H28N2O2/c18-12-14-8-3-4-10-17(14)11-5-9-16-15(19)13-6-1-2-7-13/h13-14,18H,1-12H2,(H,16,19)/t14-/m1/s1. The molecule has 0 aromatic carbocycles. The predicted octanol–water partition coefficient (Wildman–Crippen LogP) is 1.53. The third-order valence-corrected chi connectivity index (χ3v) is 4.61. The molecular formula is C15H28N2O2. The third-order valence-electron chi connectivity index (χ3n) is 4.61. The second-order valence-electron chi connectivity index (χ2n) is 5.99. The Morgan fingerprint density at radius 1 is 1.16 bits per heavy atom. The Morgan fingerprint density at radius 3 is 2.63 bits per heavy atom. The second-order valence-corrected chi connectivity index (χ2v) is 5.99. The number of aliphatic hydroxyl groups excluding tert-OH is 1. The summed E-state index contributed by atoms with van der Waals surface area (Å²) in [6.45, 7) is 3.15. The van der Waals surface area contributed by atoms with Crippen LogP contribution >= 0.6 is 0 Å². The van der Waals surface area contributed by atoms with Crippen molar-refractivity contribution in [1.82, 2.24) is 10.2 Å². The number of carbonyl (C=O) groups is 1. The SMILES string of the molecule is O=C(NCCCN1CCCC[C@@H]1CO)C1CCCC1. The normalized spacial score (nSPS) is 25.6. The Morgan fingerprint density at radius 2 is 1.89 bits per heavy atom. The molecule has 2 rings (SSSR count). The highest BCUT2D eigenvalue weighted by Gasteiger charge is 2.23. The molecule has 4 heteroatoms. The van der Waals surface area contributed by atoms with Gasteiger partial charge in [0.2, 0.25) is 5.91 Å². The minimum absolute atomic E-state index is 0.259. The summed E-state index contributed by atoms with van der Waals surface area (Å²) in [5.74, 6) is 0.537. The number of likely N-dealkylation sites (tertiary alicyclic amines) is 1. The van der Waals surface area contributed by atoms with E-state index >= 15 is 0 Å². The second kappa shape index (κ2) is 7.85. The number of piperidine rings is 1. The van der Waals surface area contributed by atoms with Crippen molar-refractivity contribution in [2.75, 3.05) is 26.2 Å². The van der Waals surface area contributed by atoms with Crippen molar-refractivity contribution in [1.29, 1.82) is 0 Å². The fraction of sp³-hybridized carbons (Fsp3) is 0.933. The lowest BCUT2D eigenvalue weighted by molar-refractivity contribution is -0.124. The van der Waals surface area contributed by atoms with Gasteiger partial charge >= 0.3 is 0 Å². The van der Waals surface area contributed by atoms with E-state index in [9.17, 15) is 9.90 Å². The first kappa shape index (κ1) is 14.8. The summed E-state index contributed by atoms with van der Waals surface area (Å²) < 4.78 is 0. The number of amides is 1. The topological polar surface area (TPSA) is 52.6 Å². The zero-order chi connectivity index (χ0) is 13.5. The lowest BCUT2D eigenvalue weighted by Crippen LogP contribution is -2.43. The van der Waals surface area contributed by atoms with Gasteiger partial charge in [0.05, 0.1) is 6.61 Å². The van der Waals surface area contributed by atoms with Gasteiger partial charge in [-0.2, -0.15) is 0 Å². The maximum Gasteiger partial charge on any atom is 0.223 e. The fourth-order valence-electron chi connectivity index (χ4n) is 3.39. The van der Waals surface area contributed by atoms with Gasteiger partial charge in [-0.3, -0.25) is 9.69 Å².